The van der Waals surface area contributed by atoms with Crippen LogP contribution >= 0.6 is 0 Å². The van der Waals surface area contributed by atoms with Crippen LogP contribution in [0.1, 0.15) is 0 Å². The fraction of sp³-hybridized carbons (Fsp3) is 0.200. The number of ether oxygens (including phenoxy) is 1. The van der Waals surface area contributed by atoms with Gasteiger partial charge in [0.2, 0.25) is 0 Å². The molecule has 138 valence electrons. The molecule has 0 aliphatic heterocycles. The Labute approximate surface area is 146 Å². The van der Waals surface area contributed by atoms with Crippen LogP contribution in [0.4, 0.5) is 0 Å². The number of hydrogen-bond acceptors (Lipinski definition) is 3. The summed E-state index contributed by atoms with van der Waals surface area (Å²) in [7, 11) is 0. The molecule has 0 bridgehead atoms. The van der Waals surface area contributed by atoms with E-state index in [1.165, 1.54) is 0 Å². The molecule has 0 atom stereocenters. The lowest BCUT2D eigenvalue weighted by Crippen LogP contribution is -1.87. The van der Waals surface area contributed by atoms with E-state index in [4.69, 9.17) is 14.9 Å². The zero-order valence-electron chi connectivity index (χ0n) is 15.2. The van der Waals surface area contributed by atoms with E-state index < -0.39 is 0 Å². The number of hydrogen-bond donors (Lipinski definition) is 2. The number of rotatable bonds is 5. The first-order chi connectivity index (χ1) is 11.3. The van der Waals surface area contributed by atoms with Crippen LogP contribution in [0.25, 0.3) is 0 Å². The van der Waals surface area contributed by atoms with Gasteiger partial charge in [0.1, 0.15) is 0 Å². The predicted octanol–water partition coefficient (Wildman–Crippen LogP) is 5.16. The van der Waals surface area contributed by atoms with Crippen molar-refractivity contribution in [2.45, 2.75) is 0 Å². The lowest BCUT2D eigenvalue weighted by molar-refractivity contribution is 0.186. The summed E-state index contributed by atoms with van der Waals surface area (Å²) in [6.07, 6.45) is 3.42. The van der Waals surface area contributed by atoms with Crippen molar-refractivity contribution in [2.75, 3.05) is 26.4 Å². The summed E-state index contributed by atoms with van der Waals surface area (Å²) in [5.41, 5.74) is 0. The van der Waals surface area contributed by atoms with Gasteiger partial charge in [-0.05, 0) is 0 Å². The Balaban J connectivity index is -0.0000000205. The number of aliphatic hydroxyl groups is 2. The van der Waals surface area contributed by atoms with E-state index in [1.807, 2.05) is 0 Å². The van der Waals surface area contributed by atoms with Crippen LogP contribution in [-0.2, 0) is 4.74 Å². The van der Waals surface area contributed by atoms with E-state index in [2.05, 4.69) is 92.1 Å². The zero-order chi connectivity index (χ0) is 20.9. The molecule has 0 amide bonds. The second-order valence-electron chi connectivity index (χ2n) is 1.56. The van der Waals surface area contributed by atoms with Crippen molar-refractivity contribution in [1.82, 2.24) is 0 Å². The summed E-state index contributed by atoms with van der Waals surface area (Å²) >= 11 is 0. The Bertz CT molecular complexity index is 122. The van der Waals surface area contributed by atoms with Crippen molar-refractivity contribution in [3.8, 4) is 0 Å². The summed E-state index contributed by atoms with van der Waals surface area (Å²) < 4.78 is 4.90. The Morgan fingerprint density at radius 2 is 0.696 bits per heavy atom. The van der Waals surface area contributed by atoms with Crippen LogP contribution in [0.2, 0.25) is 0 Å². The van der Waals surface area contributed by atoms with E-state index in [9.17, 15) is 0 Å². The summed E-state index contributed by atoms with van der Waals surface area (Å²) in [4.78, 5) is 0. The van der Waals surface area contributed by atoms with Gasteiger partial charge in [-0.1, -0.05) is 12.2 Å². The van der Waals surface area contributed by atoms with Crippen molar-refractivity contribution < 1.29 is 14.9 Å². The van der Waals surface area contributed by atoms with E-state index in [0.29, 0.717) is 13.2 Å². The van der Waals surface area contributed by atoms with Crippen LogP contribution < -0.4 is 0 Å². The summed E-state index contributed by atoms with van der Waals surface area (Å²) in [5.74, 6) is 0. The topological polar surface area (TPSA) is 49.7 Å². The molecule has 0 aliphatic carbocycles. The first-order valence-corrected chi connectivity index (χ1v) is 6.34. The maximum absolute atomic E-state index is 7.62. The van der Waals surface area contributed by atoms with E-state index >= 15 is 0 Å². The third kappa shape index (κ3) is 800. The molecule has 3 heteroatoms. The van der Waals surface area contributed by atoms with Crippen LogP contribution in [-0.4, -0.2) is 36.6 Å². The molecule has 23 heavy (non-hydrogen) atoms. The predicted molar refractivity (Wildman–Crippen MR) is 113 cm³/mol. The highest BCUT2D eigenvalue weighted by molar-refractivity contribution is 4.68. The lowest BCUT2D eigenvalue weighted by Gasteiger charge is -1.89. The van der Waals surface area contributed by atoms with Gasteiger partial charge < -0.3 is 14.9 Å². The molecule has 0 rings (SSSR count). The minimum atomic E-state index is -0.125. The second-order valence-corrected chi connectivity index (χ2v) is 1.56. The minimum absolute atomic E-state index is 0.125. The van der Waals surface area contributed by atoms with Gasteiger partial charge in [0, 0.05) is 0 Å². The third-order valence-electron chi connectivity index (χ3n) is 0.571. The molecule has 0 unspecified atom stereocenters. The standard InChI is InChI=1S/C6H10O.C2H6O2.6C2H4/c1-3-5-7-6-4-2;3-1-2-4;6*1-2/h3-4H,1-2,5-6H2;3-4H,1-2H2;6*1-2H2. The molecule has 0 aliphatic rings. The highest BCUT2D eigenvalue weighted by Gasteiger charge is 1.70. The van der Waals surface area contributed by atoms with E-state index in [0.717, 1.165) is 0 Å². The van der Waals surface area contributed by atoms with Gasteiger partial charge in [0.15, 0.2) is 0 Å². The van der Waals surface area contributed by atoms with Crippen LogP contribution in [0, 0.1) is 0 Å². The Morgan fingerprint density at radius 3 is 0.783 bits per heavy atom. The van der Waals surface area contributed by atoms with E-state index in [1.54, 1.807) is 12.2 Å². The average molecular weight is 329 g/mol. The fourth-order valence-corrected chi connectivity index (χ4v) is 0.235. The molecule has 0 fully saturated rings. The van der Waals surface area contributed by atoms with Crippen molar-refractivity contribution >= 4 is 0 Å². The Morgan fingerprint density at radius 1 is 0.522 bits per heavy atom. The maximum atomic E-state index is 7.62. The Hall–Kier alpha value is -2.20. The molecule has 0 saturated heterocycles. The first-order valence-electron chi connectivity index (χ1n) is 6.34. The summed E-state index contributed by atoms with van der Waals surface area (Å²) in [6.45, 7) is 43.9. The van der Waals surface area contributed by atoms with Gasteiger partial charge in [-0.15, -0.1) is 92.1 Å². The van der Waals surface area contributed by atoms with E-state index in [-0.39, 0.29) is 13.2 Å². The van der Waals surface area contributed by atoms with Gasteiger partial charge in [-0.25, -0.2) is 0 Å². The molecule has 0 aromatic heterocycles. The summed E-state index contributed by atoms with van der Waals surface area (Å²) in [5, 5.41) is 15.2. The third-order valence-corrected chi connectivity index (χ3v) is 0.571. The highest BCUT2D eigenvalue weighted by atomic mass is 16.5. The largest absolute Gasteiger partial charge is 0.394 e. The van der Waals surface area contributed by atoms with Gasteiger partial charge >= 0.3 is 0 Å². The van der Waals surface area contributed by atoms with Crippen LogP contribution in [0.3, 0.4) is 0 Å². The molecule has 0 aromatic carbocycles. The zero-order valence-corrected chi connectivity index (χ0v) is 15.2. The highest BCUT2D eigenvalue weighted by Crippen LogP contribution is 1.72. The quantitative estimate of drug-likeness (QED) is 0.541. The molecule has 0 radical (unpaired) electrons. The molecule has 2 N–H and O–H groups in total. The minimum Gasteiger partial charge on any atom is -0.394 e. The van der Waals surface area contributed by atoms with Crippen molar-refractivity contribution in [2.24, 2.45) is 0 Å². The SMILES string of the molecule is C=C.C=C.C=C.C=C.C=C.C=C.C=CCOCC=C.OCCO. The molecule has 3 nitrogen and oxygen atoms in total. The van der Waals surface area contributed by atoms with Gasteiger partial charge in [-0.2, -0.15) is 0 Å². The lowest BCUT2D eigenvalue weighted by atomic mass is 10.6. The molecular weight excluding hydrogens is 288 g/mol. The molecule has 0 aromatic rings. The smallest absolute Gasteiger partial charge is 0.0662 e. The monoisotopic (exact) mass is 328 g/mol. The molecular formula is C20H40O3. The fourth-order valence-electron chi connectivity index (χ4n) is 0.235. The Kier molecular flexibility index (Phi) is 657. The molecule has 0 heterocycles. The average Bonchev–Trinajstić information content (AvgIpc) is 2.72. The van der Waals surface area contributed by atoms with Gasteiger partial charge in [0.25, 0.3) is 0 Å². The first kappa shape index (κ1) is 49.8. The normalized spacial score (nSPS) is 4.78. The maximum Gasteiger partial charge on any atom is 0.0662 e. The number of aliphatic hydroxyl groups excluding tert-OH is 2. The van der Waals surface area contributed by atoms with Crippen LogP contribution in [0.15, 0.2) is 104 Å². The van der Waals surface area contributed by atoms with Crippen molar-refractivity contribution in [3.05, 3.63) is 104 Å². The second kappa shape index (κ2) is 304. The van der Waals surface area contributed by atoms with Crippen LogP contribution in [0.5, 0.6) is 0 Å². The van der Waals surface area contributed by atoms with Gasteiger partial charge in [0.05, 0.1) is 26.4 Å². The van der Waals surface area contributed by atoms with Gasteiger partial charge in [-0.3, -0.25) is 0 Å². The van der Waals surface area contributed by atoms with Crippen molar-refractivity contribution in [3.63, 3.8) is 0 Å². The molecule has 0 saturated carbocycles. The van der Waals surface area contributed by atoms with Crippen molar-refractivity contribution in [1.29, 1.82) is 0 Å². The summed E-state index contributed by atoms with van der Waals surface area (Å²) in [6, 6.07) is 0. The molecule has 0 spiro atoms.